The number of carbonyl (C=O) groups is 2. The minimum atomic E-state index is -0.233. The first-order chi connectivity index (χ1) is 8.13. The van der Waals surface area contributed by atoms with Gasteiger partial charge in [-0.05, 0) is 28.9 Å². The largest absolute Gasteiger partial charge is 0.356 e. The van der Waals surface area contributed by atoms with Gasteiger partial charge in [0.1, 0.15) is 0 Å². The van der Waals surface area contributed by atoms with Gasteiger partial charge in [-0.2, -0.15) is 0 Å². The van der Waals surface area contributed by atoms with Crippen LogP contribution in [0.3, 0.4) is 0 Å². The Balaban J connectivity index is 2.38. The molecular weight excluding hydrogens is 286 g/mol. The van der Waals surface area contributed by atoms with Crippen molar-refractivity contribution in [2.75, 3.05) is 13.1 Å². The Morgan fingerprint density at radius 3 is 2.76 bits per heavy atom. The van der Waals surface area contributed by atoms with Gasteiger partial charge in [0.05, 0.1) is 5.56 Å². The highest BCUT2D eigenvalue weighted by Crippen LogP contribution is 2.09. The molecule has 0 spiro atoms. The number of nitrogens with zero attached hydrogens (tertiary/aromatic N) is 1. The summed E-state index contributed by atoms with van der Waals surface area (Å²) in [4.78, 5) is 26.7. The van der Waals surface area contributed by atoms with E-state index in [4.69, 9.17) is 0 Å². The highest BCUT2D eigenvalue weighted by Gasteiger charge is 2.06. The number of amides is 2. The fourth-order valence-corrected chi connectivity index (χ4v) is 1.58. The van der Waals surface area contributed by atoms with Crippen LogP contribution in [-0.2, 0) is 4.79 Å². The van der Waals surface area contributed by atoms with Crippen LogP contribution in [0.15, 0.2) is 22.9 Å². The van der Waals surface area contributed by atoms with Gasteiger partial charge in [-0.3, -0.25) is 14.6 Å². The van der Waals surface area contributed by atoms with Gasteiger partial charge in [0.2, 0.25) is 5.91 Å². The predicted octanol–water partition coefficient (Wildman–Crippen LogP) is 1.10. The second-order valence-electron chi connectivity index (χ2n) is 3.35. The van der Waals surface area contributed by atoms with E-state index in [-0.39, 0.29) is 18.2 Å². The fourth-order valence-electron chi connectivity index (χ4n) is 1.21. The van der Waals surface area contributed by atoms with Crippen LogP contribution in [0.2, 0.25) is 0 Å². The summed E-state index contributed by atoms with van der Waals surface area (Å²) in [5.74, 6) is -0.303. The molecule has 1 aromatic rings. The third kappa shape index (κ3) is 4.95. The molecule has 6 heteroatoms. The number of rotatable bonds is 5. The van der Waals surface area contributed by atoms with E-state index in [1.807, 2.05) is 6.92 Å². The van der Waals surface area contributed by atoms with Crippen LogP contribution in [0, 0.1) is 0 Å². The lowest BCUT2D eigenvalue weighted by molar-refractivity contribution is -0.120. The van der Waals surface area contributed by atoms with E-state index in [2.05, 4.69) is 31.5 Å². The number of hydrogen-bond donors (Lipinski definition) is 2. The second-order valence-corrected chi connectivity index (χ2v) is 4.27. The molecule has 1 rings (SSSR count). The van der Waals surface area contributed by atoms with Crippen LogP contribution in [0.4, 0.5) is 0 Å². The lowest BCUT2D eigenvalue weighted by Crippen LogP contribution is -2.30. The predicted molar refractivity (Wildman–Crippen MR) is 67.6 cm³/mol. The smallest absolute Gasteiger partial charge is 0.252 e. The van der Waals surface area contributed by atoms with Gasteiger partial charge in [0.25, 0.3) is 5.91 Å². The zero-order valence-corrected chi connectivity index (χ0v) is 11.1. The van der Waals surface area contributed by atoms with Crippen molar-refractivity contribution in [3.8, 4) is 0 Å². The summed E-state index contributed by atoms with van der Waals surface area (Å²) < 4.78 is 0.744. The van der Waals surface area contributed by atoms with Crippen molar-refractivity contribution in [2.24, 2.45) is 0 Å². The van der Waals surface area contributed by atoms with Crippen molar-refractivity contribution < 1.29 is 9.59 Å². The Bertz CT molecular complexity index is 409. The van der Waals surface area contributed by atoms with E-state index in [9.17, 15) is 9.59 Å². The van der Waals surface area contributed by atoms with E-state index in [0.29, 0.717) is 18.7 Å². The van der Waals surface area contributed by atoms with Crippen LogP contribution < -0.4 is 10.6 Å². The zero-order chi connectivity index (χ0) is 12.7. The maximum atomic E-state index is 11.6. The number of pyridine rings is 1. The molecule has 0 aromatic carbocycles. The van der Waals surface area contributed by atoms with Gasteiger partial charge in [-0.1, -0.05) is 0 Å². The molecule has 0 radical (unpaired) electrons. The molecule has 2 N–H and O–H groups in total. The molecule has 17 heavy (non-hydrogen) atoms. The normalized spacial score (nSPS) is 9.76. The highest BCUT2D eigenvalue weighted by molar-refractivity contribution is 9.10. The number of carbonyl (C=O) groups excluding carboxylic acids is 2. The summed E-state index contributed by atoms with van der Waals surface area (Å²) >= 11 is 3.24. The molecule has 0 fully saturated rings. The lowest BCUT2D eigenvalue weighted by atomic mass is 10.2. The van der Waals surface area contributed by atoms with E-state index in [1.165, 1.54) is 6.20 Å². The Kier molecular flexibility index (Phi) is 5.62. The van der Waals surface area contributed by atoms with Crippen LogP contribution in [0.25, 0.3) is 0 Å². The van der Waals surface area contributed by atoms with Gasteiger partial charge >= 0.3 is 0 Å². The van der Waals surface area contributed by atoms with Crippen molar-refractivity contribution in [3.63, 3.8) is 0 Å². The molecule has 0 saturated heterocycles. The first kappa shape index (κ1) is 13.6. The standard InChI is InChI=1S/C11H14BrN3O2/c1-2-14-10(16)3-4-15-11(17)8-5-9(12)7-13-6-8/h5-7H,2-4H2,1H3,(H,14,16)(H,15,17). The molecule has 1 heterocycles. The van der Waals surface area contributed by atoms with Crippen LogP contribution in [0.5, 0.6) is 0 Å². The van der Waals surface area contributed by atoms with E-state index in [0.717, 1.165) is 4.47 Å². The monoisotopic (exact) mass is 299 g/mol. The third-order valence-corrected chi connectivity index (χ3v) is 2.41. The number of aromatic nitrogens is 1. The van der Waals surface area contributed by atoms with Gasteiger partial charge in [0, 0.05) is 36.4 Å². The van der Waals surface area contributed by atoms with E-state index < -0.39 is 0 Å². The van der Waals surface area contributed by atoms with Crippen molar-refractivity contribution in [3.05, 3.63) is 28.5 Å². The molecule has 0 atom stereocenters. The Morgan fingerprint density at radius 1 is 1.35 bits per heavy atom. The zero-order valence-electron chi connectivity index (χ0n) is 9.50. The SMILES string of the molecule is CCNC(=O)CCNC(=O)c1cncc(Br)c1. The minimum absolute atomic E-state index is 0.0693. The summed E-state index contributed by atoms with van der Waals surface area (Å²) in [6.45, 7) is 2.77. The molecule has 2 amide bonds. The van der Waals surface area contributed by atoms with Crippen molar-refractivity contribution in [2.45, 2.75) is 13.3 Å². The van der Waals surface area contributed by atoms with Crippen LogP contribution >= 0.6 is 15.9 Å². The summed E-state index contributed by atoms with van der Waals surface area (Å²) in [6, 6.07) is 1.68. The van der Waals surface area contributed by atoms with Crippen molar-refractivity contribution in [1.29, 1.82) is 0 Å². The lowest BCUT2D eigenvalue weighted by Gasteiger charge is -2.05. The Hall–Kier alpha value is -1.43. The second kappa shape index (κ2) is 7.01. The molecule has 92 valence electrons. The molecule has 0 unspecified atom stereocenters. The fraction of sp³-hybridized carbons (Fsp3) is 0.364. The van der Waals surface area contributed by atoms with Gasteiger partial charge in [0.15, 0.2) is 0 Å². The molecule has 0 aliphatic carbocycles. The maximum Gasteiger partial charge on any atom is 0.252 e. The summed E-state index contributed by atoms with van der Waals surface area (Å²) in [5, 5.41) is 5.31. The number of halogens is 1. The molecule has 0 aliphatic heterocycles. The molecular formula is C11H14BrN3O2. The quantitative estimate of drug-likeness (QED) is 0.855. The van der Waals surface area contributed by atoms with Gasteiger partial charge < -0.3 is 10.6 Å². The molecule has 1 aromatic heterocycles. The molecule has 0 aliphatic rings. The third-order valence-electron chi connectivity index (χ3n) is 1.98. The van der Waals surface area contributed by atoms with Crippen LogP contribution in [-0.4, -0.2) is 29.9 Å². The van der Waals surface area contributed by atoms with Gasteiger partial charge in [-0.15, -0.1) is 0 Å². The average molecular weight is 300 g/mol. The van der Waals surface area contributed by atoms with Crippen molar-refractivity contribution in [1.82, 2.24) is 15.6 Å². The summed E-state index contributed by atoms with van der Waals surface area (Å²) in [7, 11) is 0. The summed E-state index contributed by atoms with van der Waals surface area (Å²) in [5.41, 5.74) is 0.468. The first-order valence-corrected chi connectivity index (χ1v) is 6.08. The van der Waals surface area contributed by atoms with Crippen LogP contribution in [0.1, 0.15) is 23.7 Å². The Labute approximate surface area is 108 Å². The minimum Gasteiger partial charge on any atom is -0.356 e. The maximum absolute atomic E-state index is 11.6. The van der Waals surface area contributed by atoms with Crippen molar-refractivity contribution >= 4 is 27.7 Å². The summed E-state index contributed by atoms with van der Waals surface area (Å²) in [6.07, 6.45) is 3.36. The molecule has 0 saturated carbocycles. The van der Waals surface area contributed by atoms with E-state index in [1.54, 1.807) is 12.3 Å². The topological polar surface area (TPSA) is 71.1 Å². The van der Waals surface area contributed by atoms with E-state index >= 15 is 0 Å². The van der Waals surface area contributed by atoms with Gasteiger partial charge in [-0.25, -0.2) is 0 Å². The average Bonchev–Trinajstić information content (AvgIpc) is 2.29. The number of nitrogens with one attached hydrogen (secondary N) is 2. The highest BCUT2D eigenvalue weighted by atomic mass is 79.9. The number of hydrogen-bond acceptors (Lipinski definition) is 3. The molecule has 5 nitrogen and oxygen atoms in total. The molecule has 0 bridgehead atoms. The Morgan fingerprint density at radius 2 is 2.12 bits per heavy atom. The first-order valence-electron chi connectivity index (χ1n) is 5.29.